The average molecular weight is 274 g/mol. The van der Waals surface area contributed by atoms with Crippen molar-refractivity contribution in [1.82, 2.24) is 15.1 Å². The van der Waals surface area contributed by atoms with Gasteiger partial charge in [-0.2, -0.15) is 4.98 Å². The van der Waals surface area contributed by atoms with Crippen molar-refractivity contribution < 1.29 is 9.63 Å². The smallest absolute Gasteiger partial charge is 0.255 e. The number of hydrogen-bond donors (Lipinski definition) is 1. The lowest BCUT2D eigenvalue weighted by molar-refractivity contribution is 0.152. The Morgan fingerprint density at radius 1 is 1.25 bits per heavy atom. The summed E-state index contributed by atoms with van der Waals surface area (Å²) in [6, 6.07) is 3.92. The fourth-order valence-corrected chi connectivity index (χ4v) is 2.35. The second-order valence-corrected chi connectivity index (χ2v) is 5.08. The quantitative estimate of drug-likeness (QED) is 0.924. The normalized spacial score (nSPS) is 17.2. The van der Waals surface area contributed by atoms with Gasteiger partial charge in [0.25, 0.3) is 5.89 Å². The van der Waals surface area contributed by atoms with Gasteiger partial charge in [-0.1, -0.05) is 5.16 Å². The molecule has 20 heavy (non-hydrogen) atoms. The molecule has 1 aliphatic rings. The molecule has 6 heteroatoms. The van der Waals surface area contributed by atoms with Crippen LogP contribution in [-0.4, -0.2) is 33.3 Å². The highest BCUT2D eigenvalue weighted by molar-refractivity contribution is 5.55. The van der Waals surface area contributed by atoms with Gasteiger partial charge in [0.2, 0.25) is 5.82 Å². The molecule has 1 fully saturated rings. The zero-order valence-corrected chi connectivity index (χ0v) is 11.5. The van der Waals surface area contributed by atoms with Crippen molar-refractivity contribution in [3.05, 3.63) is 24.2 Å². The van der Waals surface area contributed by atoms with E-state index in [-0.39, 0.29) is 5.89 Å². The van der Waals surface area contributed by atoms with Crippen LogP contribution in [0.25, 0.3) is 11.4 Å². The Bertz CT molecular complexity index is 559. The van der Waals surface area contributed by atoms with Gasteiger partial charge in [-0.3, -0.25) is 0 Å². The van der Waals surface area contributed by atoms with Crippen LogP contribution < -0.4 is 4.90 Å². The fraction of sp³-hybridized carbons (Fsp3) is 0.500. The molecule has 1 atom stereocenters. The maximum atomic E-state index is 9.38. The number of aromatic nitrogens is 3. The van der Waals surface area contributed by atoms with Crippen molar-refractivity contribution in [2.24, 2.45) is 0 Å². The Morgan fingerprint density at radius 2 is 2.05 bits per heavy atom. The first-order valence-electron chi connectivity index (χ1n) is 6.97. The topological polar surface area (TPSA) is 75.3 Å². The number of pyridine rings is 1. The molecule has 0 amide bonds. The second kappa shape index (κ2) is 5.58. The van der Waals surface area contributed by atoms with Crippen LogP contribution in [0.3, 0.4) is 0 Å². The molecule has 3 heterocycles. The third-order valence-corrected chi connectivity index (χ3v) is 3.49. The number of hydrogen-bond acceptors (Lipinski definition) is 6. The van der Waals surface area contributed by atoms with Gasteiger partial charge in [-0.05, 0) is 38.3 Å². The summed E-state index contributed by atoms with van der Waals surface area (Å²) in [4.78, 5) is 10.9. The predicted octanol–water partition coefficient (Wildman–Crippen LogP) is 2.18. The average Bonchev–Trinajstić information content (AvgIpc) is 2.98. The minimum absolute atomic E-state index is 0.222. The van der Waals surface area contributed by atoms with E-state index in [9.17, 15) is 5.11 Å². The summed E-state index contributed by atoms with van der Waals surface area (Å²) in [5.74, 6) is 1.67. The van der Waals surface area contributed by atoms with Crippen LogP contribution in [0.2, 0.25) is 0 Å². The maximum absolute atomic E-state index is 9.38. The Balaban J connectivity index is 1.77. The summed E-state index contributed by atoms with van der Waals surface area (Å²) in [6.07, 6.45) is 4.76. The van der Waals surface area contributed by atoms with Crippen molar-refractivity contribution in [1.29, 1.82) is 0 Å². The lowest BCUT2D eigenvalue weighted by Crippen LogP contribution is -2.29. The number of aliphatic hydroxyl groups excluding tert-OH is 1. The molecular weight excluding hydrogens is 256 g/mol. The molecular formula is C14H18N4O2. The molecule has 1 aliphatic heterocycles. The molecule has 1 unspecified atom stereocenters. The SMILES string of the molecule is CC(O)c1nc(-c2ccc(N3CCCCC3)nc2)no1. The first-order chi connectivity index (χ1) is 9.74. The van der Waals surface area contributed by atoms with Crippen LogP contribution in [0.1, 0.15) is 38.2 Å². The van der Waals surface area contributed by atoms with E-state index >= 15 is 0 Å². The molecule has 0 saturated carbocycles. The van der Waals surface area contributed by atoms with Crippen molar-refractivity contribution in [3.8, 4) is 11.4 Å². The van der Waals surface area contributed by atoms with Crippen molar-refractivity contribution in [2.45, 2.75) is 32.3 Å². The minimum Gasteiger partial charge on any atom is -0.384 e. The van der Waals surface area contributed by atoms with E-state index in [2.05, 4.69) is 20.0 Å². The summed E-state index contributed by atoms with van der Waals surface area (Å²) in [5, 5.41) is 13.2. The maximum Gasteiger partial charge on any atom is 0.255 e. The summed E-state index contributed by atoms with van der Waals surface area (Å²) >= 11 is 0. The Morgan fingerprint density at radius 3 is 2.65 bits per heavy atom. The zero-order valence-electron chi connectivity index (χ0n) is 11.5. The van der Waals surface area contributed by atoms with Crippen molar-refractivity contribution in [2.75, 3.05) is 18.0 Å². The lowest BCUT2D eigenvalue weighted by atomic mass is 10.1. The van der Waals surface area contributed by atoms with Gasteiger partial charge in [0.05, 0.1) is 0 Å². The van der Waals surface area contributed by atoms with Crippen LogP contribution in [0, 0.1) is 0 Å². The molecule has 0 aliphatic carbocycles. The highest BCUT2D eigenvalue weighted by Gasteiger charge is 2.15. The monoisotopic (exact) mass is 274 g/mol. The molecule has 106 valence electrons. The highest BCUT2D eigenvalue weighted by Crippen LogP contribution is 2.22. The third-order valence-electron chi connectivity index (χ3n) is 3.49. The fourth-order valence-electron chi connectivity index (χ4n) is 2.35. The summed E-state index contributed by atoms with van der Waals surface area (Å²) in [6.45, 7) is 3.73. The molecule has 0 aromatic carbocycles. The van der Waals surface area contributed by atoms with Crippen LogP contribution in [0.4, 0.5) is 5.82 Å². The first kappa shape index (κ1) is 13.1. The Kier molecular flexibility index (Phi) is 3.64. The van der Waals surface area contributed by atoms with Gasteiger partial charge in [0.15, 0.2) is 0 Å². The van der Waals surface area contributed by atoms with Gasteiger partial charge < -0.3 is 14.5 Å². The predicted molar refractivity (Wildman–Crippen MR) is 74.2 cm³/mol. The van der Waals surface area contributed by atoms with Crippen molar-refractivity contribution >= 4 is 5.82 Å². The molecule has 1 N–H and O–H groups in total. The molecule has 2 aromatic rings. The Hall–Kier alpha value is -1.95. The van der Waals surface area contributed by atoms with Gasteiger partial charge in [-0.25, -0.2) is 4.98 Å². The van der Waals surface area contributed by atoms with Gasteiger partial charge in [0.1, 0.15) is 11.9 Å². The molecule has 1 saturated heterocycles. The van der Waals surface area contributed by atoms with Crippen LogP contribution in [-0.2, 0) is 0 Å². The summed E-state index contributed by atoms with van der Waals surface area (Å²) in [7, 11) is 0. The van der Waals surface area contributed by atoms with Crippen LogP contribution in [0.5, 0.6) is 0 Å². The highest BCUT2D eigenvalue weighted by atomic mass is 16.5. The van der Waals surface area contributed by atoms with E-state index in [4.69, 9.17) is 4.52 Å². The van der Waals surface area contributed by atoms with E-state index in [1.54, 1.807) is 13.1 Å². The number of anilines is 1. The van der Waals surface area contributed by atoms with Crippen LogP contribution in [0.15, 0.2) is 22.9 Å². The first-order valence-corrected chi connectivity index (χ1v) is 6.97. The summed E-state index contributed by atoms with van der Waals surface area (Å²) in [5.41, 5.74) is 0.793. The number of aliphatic hydroxyl groups is 1. The third kappa shape index (κ3) is 2.65. The molecule has 0 radical (unpaired) electrons. The van der Waals surface area contributed by atoms with Crippen molar-refractivity contribution in [3.63, 3.8) is 0 Å². The standard InChI is InChI=1S/C14H18N4O2/c1-10(19)14-16-13(17-20-14)11-5-6-12(15-9-11)18-7-3-2-4-8-18/h5-6,9-10,19H,2-4,7-8H2,1H3. The van der Waals surface area contributed by atoms with E-state index in [0.29, 0.717) is 5.82 Å². The summed E-state index contributed by atoms with van der Waals surface area (Å²) < 4.78 is 4.98. The number of nitrogens with zero attached hydrogens (tertiary/aromatic N) is 4. The van der Waals surface area contributed by atoms with Gasteiger partial charge in [-0.15, -0.1) is 0 Å². The lowest BCUT2D eigenvalue weighted by Gasteiger charge is -2.27. The van der Waals surface area contributed by atoms with E-state index in [1.165, 1.54) is 19.3 Å². The molecule has 2 aromatic heterocycles. The van der Waals surface area contributed by atoms with Crippen LogP contribution >= 0.6 is 0 Å². The largest absolute Gasteiger partial charge is 0.384 e. The molecule has 6 nitrogen and oxygen atoms in total. The van der Waals surface area contributed by atoms with E-state index < -0.39 is 6.10 Å². The number of piperidine rings is 1. The molecule has 3 rings (SSSR count). The number of rotatable bonds is 3. The van der Waals surface area contributed by atoms with E-state index in [1.807, 2.05) is 12.1 Å². The van der Waals surface area contributed by atoms with Gasteiger partial charge in [0, 0.05) is 24.8 Å². The van der Waals surface area contributed by atoms with Gasteiger partial charge >= 0.3 is 0 Å². The minimum atomic E-state index is -0.753. The molecule has 0 bridgehead atoms. The molecule has 0 spiro atoms. The Labute approximate surface area is 117 Å². The van der Waals surface area contributed by atoms with E-state index in [0.717, 1.165) is 24.5 Å². The second-order valence-electron chi connectivity index (χ2n) is 5.08. The zero-order chi connectivity index (χ0) is 13.9.